The minimum Gasteiger partial charge on any atom is -0.342 e. The summed E-state index contributed by atoms with van der Waals surface area (Å²) in [6, 6.07) is 15.9. The quantitative estimate of drug-likeness (QED) is 0.767. The molecule has 25 heavy (non-hydrogen) atoms. The molecule has 0 unspecified atom stereocenters. The predicted molar refractivity (Wildman–Crippen MR) is 101 cm³/mol. The SMILES string of the molecule is Cc1ccccc1NC(=O)[C@@H]1CCCN(c2nc3ccccc3[nH]2)C1. The molecule has 0 radical (unpaired) electrons. The lowest BCUT2D eigenvalue weighted by Gasteiger charge is -2.31. The van der Waals surface area contributed by atoms with Gasteiger partial charge >= 0.3 is 0 Å². The van der Waals surface area contributed by atoms with Crippen LogP contribution in [0.15, 0.2) is 48.5 Å². The molecule has 1 amide bonds. The van der Waals surface area contributed by atoms with Crippen LogP contribution in [0.5, 0.6) is 0 Å². The molecular formula is C20H22N4O. The third kappa shape index (κ3) is 3.22. The molecule has 5 heteroatoms. The number of rotatable bonds is 3. The van der Waals surface area contributed by atoms with Gasteiger partial charge in [-0.3, -0.25) is 4.79 Å². The van der Waals surface area contributed by atoms with Crippen LogP contribution in [-0.4, -0.2) is 29.0 Å². The van der Waals surface area contributed by atoms with Gasteiger partial charge in [0.2, 0.25) is 11.9 Å². The van der Waals surface area contributed by atoms with Gasteiger partial charge in [-0.2, -0.15) is 0 Å². The van der Waals surface area contributed by atoms with Gasteiger partial charge in [0.1, 0.15) is 0 Å². The second-order valence-corrected chi connectivity index (χ2v) is 6.67. The first-order valence-corrected chi connectivity index (χ1v) is 8.77. The molecule has 1 aliphatic rings. The van der Waals surface area contributed by atoms with E-state index in [1.807, 2.05) is 55.5 Å². The number of hydrogen-bond acceptors (Lipinski definition) is 3. The van der Waals surface area contributed by atoms with Crippen molar-refractivity contribution in [3.8, 4) is 0 Å². The van der Waals surface area contributed by atoms with Crippen molar-refractivity contribution in [2.45, 2.75) is 19.8 Å². The van der Waals surface area contributed by atoms with E-state index in [-0.39, 0.29) is 11.8 Å². The van der Waals surface area contributed by atoms with Gasteiger partial charge in [-0.25, -0.2) is 4.98 Å². The van der Waals surface area contributed by atoms with Gasteiger partial charge in [0, 0.05) is 18.8 Å². The van der Waals surface area contributed by atoms with Crippen molar-refractivity contribution in [3.05, 3.63) is 54.1 Å². The first-order chi connectivity index (χ1) is 12.2. The summed E-state index contributed by atoms with van der Waals surface area (Å²) in [7, 11) is 0. The van der Waals surface area contributed by atoms with Crippen LogP contribution in [0.2, 0.25) is 0 Å². The lowest BCUT2D eigenvalue weighted by molar-refractivity contribution is -0.120. The second kappa shape index (κ2) is 6.59. The lowest BCUT2D eigenvalue weighted by Crippen LogP contribution is -2.41. The van der Waals surface area contributed by atoms with Crippen molar-refractivity contribution in [2.24, 2.45) is 5.92 Å². The minimum absolute atomic E-state index is 0.0263. The van der Waals surface area contributed by atoms with Crippen molar-refractivity contribution in [1.82, 2.24) is 9.97 Å². The average Bonchev–Trinajstić information content (AvgIpc) is 3.08. The zero-order valence-electron chi connectivity index (χ0n) is 14.3. The Labute approximate surface area is 147 Å². The molecule has 0 saturated carbocycles. The molecule has 0 bridgehead atoms. The predicted octanol–water partition coefficient (Wildman–Crippen LogP) is 3.73. The summed E-state index contributed by atoms with van der Waals surface area (Å²) < 4.78 is 0. The number of aromatic nitrogens is 2. The first-order valence-electron chi connectivity index (χ1n) is 8.77. The van der Waals surface area contributed by atoms with Crippen LogP contribution in [0.1, 0.15) is 18.4 Å². The summed E-state index contributed by atoms with van der Waals surface area (Å²) in [6.07, 6.45) is 1.90. The molecule has 5 nitrogen and oxygen atoms in total. The number of imidazole rings is 1. The maximum Gasteiger partial charge on any atom is 0.229 e. The van der Waals surface area contributed by atoms with Crippen LogP contribution in [0.4, 0.5) is 11.6 Å². The number of nitrogens with zero attached hydrogens (tertiary/aromatic N) is 2. The number of fused-ring (bicyclic) bond motifs is 1. The lowest BCUT2D eigenvalue weighted by atomic mass is 9.97. The normalized spacial score (nSPS) is 17.6. The molecule has 3 aromatic rings. The van der Waals surface area contributed by atoms with Crippen molar-refractivity contribution in [3.63, 3.8) is 0 Å². The smallest absolute Gasteiger partial charge is 0.229 e. The molecule has 1 saturated heterocycles. The van der Waals surface area contributed by atoms with E-state index in [4.69, 9.17) is 0 Å². The molecular weight excluding hydrogens is 312 g/mol. The van der Waals surface area contributed by atoms with Gasteiger partial charge in [0.15, 0.2) is 0 Å². The van der Waals surface area contributed by atoms with E-state index >= 15 is 0 Å². The molecule has 1 atom stereocenters. The minimum atomic E-state index is -0.0263. The molecule has 1 fully saturated rings. The third-order valence-electron chi connectivity index (χ3n) is 4.87. The van der Waals surface area contributed by atoms with E-state index in [2.05, 4.69) is 20.2 Å². The fraction of sp³-hybridized carbons (Fsp3) is 0.300. The Balaban J connectivity index is 1.48. The fourth-order valence-electron chi connectivity index (χ4n) is 3.42. The van der Waals surface area contributed by atoms with Crippen molar-refractivity contribution in [1.29, 1.82) is 0 Å². The monoisotopic (exact) mass is 334 g/mol. The van der Waals surface area contributed by atoms with Crippen molar-refractivity contribution in [2.75, 3.05) is 23.3 Å². The Morgan fingerprint density at radius 1 is 1.20 bits per heavy atom. The number of carbonyl (C=O) groups excluding carboxylic acids is 1. The Hall–Kier alpha value is -2.82. The van der Waals surface area contributed by atoms with Crippen molar-refractivity contribution >= 4 is 28.6 Å². The van der Waals surface area contributed by atoms with E-state index < -0.39 is 0 Å². The van der Waals surface area contributed by atoms with E-state index in [0.29, 0.717) is 6.54 Å². The Kier molecular flexibility index (Phi) is 4.14. The van der Waals surface area contributed by atoms with Gasteiger partial charge in [-0.15, -0.1) is 0 Å². The maximum absolute atomic E-state index is 12.7. The molecule has 2 N–H and O–H groups in total. The molecule has 2 heterocycles. The molecule has 0 spiro atoms. The Morgan fingerprint density at radius 3 is 2.84 bits per heavy atom. The summed E-state index contributed by atoms with van der Waals surface area (Å²) in [4.78, 5) is 22.9. The Morgan fingerprint density at radius 2 is 2.00 bits per heavy atom. The van der Waals surface area contributed by atoms with Crippen LogP contribution in [0, 0.1) is 12.8 Å². The van der Waals surface area contributed by atoms with Gasteiger partial charge in [0.05, 0.1) is 17.0 Å². The third-order valence-corrected chi connectivity index (χ3v) is 4.87. The second-order valence-electron chi connectivity index (χ2n) is 6.67. The highest BCUT2D eigenvalue weighted by Gasteiger charge is 2.27. The fourth-order valence-corrected chi connectivity index (χ4v) is 3.42. The van der Waals surface area contributed by atoms with Crippen LogP contribution in [-0.2, 0) is 4.79 Å². The van der Waals surface area contributed by atoms with Gasteiger partial charge in [-0.05, 0) is 43.5 Å². The highest BCUT2D eigenvalue weighted by molar-refractivity contribution is 5.93. The number of anilines is 2. The number of piperidine rings is 1. The van der Waals surface area contributed by atoms with E-state index in [9.17, 15) is 4.79 Å². The number of benzene rings is 2. The molecule has 2 aromatic carbocycles. The molecule has 4 rings (SSSR count). The molecule has 1 aromatic heterocycles. The standard InChI is InChI=1S/C20H22N4O/c1-14-7-2-3-9-16(14)21-19(25)15-8-6-12-24(13-15)20-22-17-10-4-5-11-18(17)23-20/h2-5,7,9-11,15H,6,8,12-13H2,1H3,(H,21,25)(H,22,23)/t15-/m1/s1. The number of para-hydroxylation sites is 3. The van der Waals surface area contributed by atoms with Crippen molar-refractivity contribution < 1.29 is 4.79 Å². The number of H-pyrrole nitrogens is 1. The number of hydrogen-bond donors (Lipinski definition) is 2. The summed E-state index contributed by atoms with van der Waals surface area (Å²) in [5.74, 6) is 0.922. The van der Waals surface area contributed by atoms with Gasteiger partial charge in [0.25, 0.3) is 0 Å². The van der Waals surface area contributed by atoms with Gasteiger partial charge in [-0.1, -0.05) is 30.3 Å². The van der Waals surface area contributed by atoms with Gasteiger partial charge < -0.3 is 15.2 Å². The van der Waals surface area contributed by atoms with Crippen LogP contribution in [0.25, 0.3) is 11.0 Å². The highest BCUT2D eigenvalue weighted by Crippen LogP contribution is 2.25. The topological polar surface area (TPSA) is 61.0 Å². The largest absolute Gasteiger partial charge is 0.342 e. The number of amides is 1. The molecule has 128 valence electrons. The van der Waals surface area contributed by atoms with Crippen LogP contribution >= 0.6 is 0 Å². The van der Waals surface area contributed by atoms with E-state index in [0.717, 1.165) is 47.6 Å². The zero-order valence-corrected chi connectivity index (χ0v) is 14.3. The Bertz CT molecular complexity index is 868. The summed E-state index contributed by atoms with van der Waals surface area (Å²) in [5, 5.41) is 3.08. The summed E-state index contributed by atoms with van der Waals surface area (Å²) in [5.41, 5.74) is 3.97. The average molecular weight is 334 g/mol. The first kappa shape index (κ1) is 15.7. The van der Waals surface area contributed by atoms with E-state index in [1.165, 1.54) is 0 Å². The summed E-state index contributed by atoms with van der Waals surface area (Å²) in [6.45, 7) is 3.63. The number of carbonyl (C=O) groups is 1. The highest BCUT2D eigenvalue weighted by atomic mass is 16.1. The molecule has 0 aliphatic carbocycles. The summed E-state index contributed by atoms with van der Waals surface area (Å²) >= 11 is 0. The maximum atomic E-state index is 12.7. The molecule has 1 aliphatic heterocycles. The zero-order chi connectivity index (χ0) is 17.2. The van der Waals surface area contributed by atoms with E-state index in [1.54, 1.807) is 0 Å². The number of aromatic amines is 1. The van der Waals surface area contributed by atoms with Crippen LogP contribution < -0.4 is 10.2 Å². The number of aryl methyl sites for hydroxylation is 1. The van der Waals surface area contributed by atoms with Crippen LogP contribution in [0.3, 0.4) is 0 Å². The number of nitrogens with one attached hydrogen (secondary N) is 2.